The van der Waals surface area contributed by atoms with Crippen LogP contribution in [-0.4, -0.2) is 22.6 Å². The topological polar surface area (TPSA) is 58.1 Å². The van der Waals surface area contributed by atoms with Crippen LogP contribution >= 0.6 is 0 Å². The number of imidazole rings is 1. The zero-order valence-electron chi connectivity index (χ0n) is 6.82. The number of carbonyl (C=O) groups is 1. The molecule has 0 radical (unpaired) electrons. The third-order valence-electron chi connectivity index (χ3n) is 1.74. The number of nitrogens with one attached hydrogen (secondary N) is 1. The van der Waals surface area contributed by atoms with E-state index >= 15 is 0 Å². The minimum absolute atomic E-state index is 0.233. The number of para-hydroxylation sites is 2. The molecule has 0 saturated heterocycles. The van der Waals surface area contributed by atoms with Gasteiger partial charge in [0.1, 0.15) is 0 Å². The van der Waals surface area contributed by atoms with Crippen LogP contribution in [0.3, 0.4) is 0 Å². The van der Waals surface area contributed by atoms with Crippen LogP contribution in [0.2, 0.25) is 0 Å². The lowest BCUT2D eigenvalue weighted by Gasteiger charge is -1.82. The van der Waals surface area contributed by atoms with E-state index in [4.69, 9.17) is 0 Å². The second kappa shape index (κ2) is 2.82. The molecule has 0 fully saturated rings. The van der Waals surface area contributed by atoms with Gasteiger partial charge in [-0.2, -0.15) is 0 Å². The summed E-state index contributed by atoms with van der Waals surface area (Å²) in [6.45, 7) is 3.15. The molecule has 0 unspecified atom stereocenters. The van der Waals surface area contributed by atoms with E-state index in [2.05, 4.69) is 21.7 Å². The number of carbonyl (C=O) groups excluding carboxylic acids is 1. The summed E-state index contributed by atoms with van der Waals surface area (Å²) in [6, 6.07) is 7.41. The molecule has 64 valence electrons. The van der Waals surface area contributed by atoms with Crippen LogP contribution in [0.4, 0.5) is 0 Å². The second-order valence-corrected chi connectivity index (χ2v) is 2.57. The predicted octanol–water partition coefficient (Wildman–Crippen LogP) is 1.40. The number of hydrogen-bond donors (Lipinski definition) is 1. The van der Waals surface area contributed by atoms with E-state index in [0.717, 1.165) is 11.0 Å². The third kappa shape index (κ3) is 1.22. The van der Waals surface area contributed by atoms with Crippen molar-refractivity contribution >= 4 is 23.7 Å². The molecular formula is C9H7N3O. The number of rotatable bonds is 1. The van der Waals surface area contributed by atoms with Gasteiger partial charge in [0.05, 0.1) is 11.0 Å². The van der Waals surface area contributed by atoms with Gasteiger partial charge >= 0.3 is 5.91 Å². The van der Waals surface area contributed by atoms with E-state index in [9.17, 15) is 4.79 Å². The Morgan fingerprint density at radius 1 is 1.46 bits per heavy atom. The lowest BCUT2D eigenvalue weighted by Crippen LogP contribution is -1.95. The van der Waals surface area contributed by atoms with Crippen molar-refractivity contribution in [3.05, 3.63) is 30.1 Å². The molecule has 1 aromatic carbocycles. The Morgan fingerprint density at radius 2 is 2.23 bits per heavy atom. The maximum atomic E-state index is 11.1. The van der Waals surface area contributed by atoms with Crippen LogP contribution in [0.15, 0.2) is 29.3 Å². The Hall–Kier alpha value is -1.97. The molecule has 0 atom stereocenters. The molecule has 0 saturated carbocycles. The minimum Gasteiger partial charge on any atom is -0.334 e. The van der Waals surface area contributed by atoms with Gasteiger partial charge in [-0.1, -0.05) is 12.1 Å². The summed E-state index contributed by atoms with van der Waals surface area (Å²) in [5.74, 6) is -0.201. The average molecular weight is 173 g/mol. The molecule has 13 heavy (non-hydrogen) atoms. The van der Waals surface area contributed by atoms with Crippen molar-refractivity contribution in [3.63, 3.8) is 0 Å². The van der Waals surface area contributed by atoms with Crippen LogP contribution in [0.5, 0.6) is 0 Å². The van der Waals surface area contributed by atoms with Crippen LogP contribution < -0.4 is 0 Å². The number of aromatic amines is 1. The monoisotopic (exact) mass is 173 g/mol. The lowest BCUT2D eigenvalue weighted by atomic mass is 10.3. The fraction of sp³-hybridized carbons (Fsp3) is 0. The Morgan fingerprint density at radius 3 is 2.92 bits per heavy atom. The van der Waals surface area contributed by atoms with Gasteiger partial charge in [-0.3, -0.25) is 4.79 Å². The smallest absolute Gasteiger partial charge is 0.312 e. The first-order valence-corrected chi connectivity index (χ1v) is 3.77. The van der Waals surface area contributed by atoms with E-state index in [1.165, 1.54) is 0 Å². The number of H-pyrrole nitrogens is 1. The summed E-state index contributed by atoms with van der Waals surface area (Å²) in [4.78, 5) is 21.2. The van der Waals surface area contributed by atoms with Gasteiger partial charge in [-0.25, -0.2) is 9.98 Å². The summed E-state index contributed by atoms with van der Waals surface area (Å²) in [5, 5.41) is 0. The molecule has 2 aromatic rings. The Labute approximate surface area is 74.3 Å². The summed E-state index contributed by atoms with van der Waals surface area (Å²) < 4.78 is 0. The fourth-order valence-corrected chi connectivity index (χ4v) is 1.13. The van der Waals surface area contributed by atoms with E-state index < -0.39 is 5.91 Å². The molecular weight excluding hydrogens is 166 g/mol. The van der Waals surface area contributed by atoms with Crippen LogP contribution in [0.25, 0.3) is 11.0 Å². The lowest BCUT2D eigenvalue weighted by molar-refractivity contribution is 0.0995. The van der Waals surface area contributed by atoms with Crippen LogP contribution in [0, 0.1) is 0 Å². The molecule has 1 N–H and O–H groups in total. The molecule has 4 nitrogen and oxygen atoms in total. The summed E-state index contributed by atoms with van der Waals surface area (Å²) in [6.07, 6.45) is 0. The van der Waals surface area contributed by atoms with Gasteiger partial charge < -0.3 is 4.98 Å². The molecule has 0 aliphatic rings. The molecule has 4 heteroatoms. The van der Waals surface area contributed by atoms with Crippen molar-refractivity contribution in [1.82, 2.24) is 9.97 Å². The zero-order chi connectivity index (χ0) is 9.26. The Kier molecular flexibility index (Phi) is 1.66. The molecule has 1 heterocycles. The van der Waals surface area contributed by atoms with Gasteiger partial charge in [-0.15, -0.1) is 0 Å². The average Bonchev–Trinajstić information content (AvgIpc) is 2.59. The minimum atomic E-state index is -0.434. The highest BCUT2D eigenvalue weighted by molar-refractivity contribution is 5.96. The molecule has 0 aliphatic heterocycles. The molecule has 0 spiro atoms. The number of fused-ring (bicyclic) bond motifs is 1. The quantitative estimate of drug-likeness (QED) is 0.662. The molecule has 0 aliphatic carbocycles. The fourth-order valence-electron chi connectivity index (χ4n) is 1.13. The van der Waals surface area contributed by atoms with Crippen molar-refractivity contribution in [2.45, 2.75) is 0 Å². The van der Waals surface area contributed by atoms with Crippen molar-refractivity contribution in [2.24, 2.45) is 4.99 Å². The van der Waals surface area contributed by atoms with Gasteiger partial charge in [0, 0.05) is 0 Å². The van der Waals surface area contributed by atoms with Gasteiger partial charge in [0.2, 0.25) is 0 Å². The normalized spacial score (nSPS) is 10.2. The summed E-state index contributed by atoms with van der Waals surface area (Å²) in [5.41, 5.74) is 1.59. The first-order chi connectivity index (χ1) is 6.31. The van der Waals surface area contributed by atoms with Gasteiger partial charge in [0.25, 0.3) is 0 Å². The molecule has 1 aromatic heterocycles. The zero-order valence-corrected chi connectivity index (χ0v) is 6.82. The van der Waals surface area contributed by atoms with Crippen molar-refractivity contribution in [1.29, 1.82) is 0 Å². The number of nitrogens with zero attached hydrogens (tertiary/aromatic N) is 2. The van der Waals surface area contributed by atoms with E-state index in [0.29, 0.717) is 0 Å². The summed E-state index contributed by atoms with van der Waals surface area (Å²) >= 11 is 0. The predicted molar refractivity (Wildman–Crippen MR) is 50.0 cm³/mol. The number of benzene rings is 1. The van der Waals surface area contributed by atoms with E-state index in [1.807, 2.05) is 24.3 Å². The standard InChI is InChI=1S/C9H7N3O/c1-10-9(13)8-11-6-4-2-3-5-7(6)12-8/h2-5H,1H2,(H,11,12). The summed E-state index contributed by atoms with van der Waals surface area (Å²) in [7, 11) is 0. The maximum Gasteiger partial charge on any atom is 0.312 e. The van der Waals surface area contributed by atoms with E-state index in [-0.39, 0.29) is 5.82 Å². The highest BCUT2D eigenvalue weighted by atomic mass is 16.1. The number of aromatic nitrogens is 2. The van der Waals surface area contributed by atoms with Gasteiger partial charge in [-0.05, 0) is 18.9 Å². The number of amides is 1. The van der Waals surface area contributed by atoms with Crippen molar-refractivity contribution < 1.29 is 4.79 Å². The van der Waals surface area contributed by atoms with Crippen LogP contribution in [-0.2, 0) is 0 Å². The molecule has 2 rings (SSSR count). The van der Waals surface area contributed by atoms with Gasteiger partial charge in [0.15, 0.2) is 5.82 Å². The Balaban J connectivity index is 2.62. The van der Waals surface area contributed by atoms with Crippen molar-refractivity contribution in [3.8, 4) is 0 Å². The highest BCUT2D eigenvalue weighted by Gasteiger charge is 2.07. The highest BCUT2D eigenvalue weighted by Crippen LogP contribution is 2.10. The Bertz CT molecular complexity index is 439. The maximum absolute atomic E-state index is 11.1. The van der Waals surface area contributed by atoms with Crippen LogP contribution in [0.1, 0.15) is 10.6 Å². The number of aliphatic imine (C=N–C) groups is 1. The number of hydrogen-bond acceptors (Lipinski definition) is 2. The second-order valence-electron chi connectivity index (χ2n) is 2.57. The van der Waals surface area contributed by atoms with E-state index in [1.54, 1.807) is 0 Å². The molecule has 0 bridgehead atoms. The third-order valence-corrected chi connectivity index (χ3v) is 1.74. The van der Waals surface area contributed by atoms with Crippen molar-refractivity contribution in [2.75, 3.05) is 0 Å². The SMILES string of the molecule is C=NC(=O)c1nc2ccccc2[nH]1. The first kappa shape index (κ1) is 7.67. The largest absolute Gasteiger partial charge is 0.334 e. The molecule has 1 amide bonds. The first-order valence-electron chi connectivity index (χ1n) is 3.77.